The van der Waals surface area contributed by atoms with E-state index in [4.69, 9.17) is 0 Å². The smallest absolute Gasteiger partial charge is 0.213 e. The molecule has 3 rings (SSSR count). The van der Waals surface area contributed by atoms with E-state index in [0.29, 0.717) is 0 Å². The molecule has 0 fully saturated rings. The summed E-state index contributed by atoms with van der Waals surface area (Å²) in [6.07, 6.45) is 4.65. The van der Waals surface area contributed by atoms with Crippen LogP contribution in [0.1, 0.15) is 19.8 Å². The third kappa shape index (κ3) is 2.73. The SMILES string of the molecule is CCCC[n+]1cccc2c3ccccc3ccc21.[I-]. The lowest BCUT2D eigenvalue weighted by Gasteiger charge is -2.04. The first-order chi connectivity index (χ1) is 8.90. The Bertz CT molecular complexity index is 691. The number of halogens is 1. The normalized spacial score (nSPS) is 10.6. The summed E-state index contributed by atoms with van der Waals surface area (Å²) in [7, 11) is 0. The van der Waals surface area contributed by atoms with Crippen LogP contribution in [-0.2, 0) is 6.54 Å². The van der Waals surface area contributed by atoms with Crippen molar-refractivity contribution in [2.75, 3.05) is 0 Å². The zero-order valence-electron chi connectivity index (χ0n) is 11.1. The lowest BCUT2D eigenvalue weighted by molar-refractivity contribution is -0.671. The van der Waals surface area contributed by atoms with Gasteiger partial charge in [0.05, 0.1) is 5.39 Å². The number of hydrogen-bond acceptors (Lipinski definition) is 0. The summed E-state index contributed by atoms with van der Waals surface area (Å²) >= 11 is 0. The van der Waals surface area contributed by atoms with Crippen molar-refractivity contribution < 1.29 is 28.5 Å². The molecule has 0 saturated carbocycles. The highest BCUT2D eigenvalue weighted by Gasteiger charge is 2.09. The monoisotopic (exact) mass is 363 g/mol. The summed E-state index contributed by atoms with van der Waals surface area (Å²) < 4.78 is 2.37. The van der Waals surface area contributed by atoms with Gasteiger partial charge in [-0.2, -0.15) is 4.57 Å². The molecule has 3 aromatic rings. The average Bonchev–Trinajstić information content (AvgIpc) is 2.44. The zero-order valence-corrected chi connectivity index (χ0v) is 13.3. The molecule has 0 atom stereocenters. The number of fused-ring (bicyclic) bond motifs is 3. The van der Waals surface area contributed by atoms with Gasteiger partial charge in [0.2, 0.25) is 5.52 Å². The summed E-state index contributed by atoms with van der Waals surface area (Å²) in [6, 6.07) is 17.4. The fourth-order valence-corrected chi connectivity index (χ4v) is 2.56. The number of pyridine rings is 1. The highest BCUT2D eigenvalue weighted by atomic mass is 127. The van der Waals surface area contributed by atoms with Crippen LogP contribution < -0.4 is 28.5 Å². The molecule has 0 aliphatic carbocycles. The van der Waals surface area contributed by atoms with Crippen molar-refractivity contribution >= 4 is 21.7 Å². The lowest BCUT2D eigenvalue weighted by atomic mass is 10.1. The third-order valence-electron chi connectivity index (χ3n) is 3.54. The Labute approximate surface area is 131 Å². The Hall–Kier alpha value is -1.16. The minimum atomic E-state index is 0. The minimum absolute atomic E-state index is 0. The fraction of sp³-hybridized carbons (Fsp3) is 0.235. The van der Waals surface area contributed by atoms with Crippen LogP contribution in [0.5, 0.6) is 0 Å². The predicted octanol–water partition coefficient (Wildman–Crippen LogP) is 1.08. The molecule has 19 heavy (non-hydrogen) atoms. The highest BCUT2D eigenvalue weighted by molar-refractivity contribution is 6.04. The molecule has 0 aliphatic heterocycles. The van der Waals surface area contributed by atoms with E-state index in [1.807, 2.05) is 0 Å². The van der Waals surface area contributed by atoms with Gasteiger partial charge in [-0.3, -0.25) is 0 Å². The lowest BCUT2D eigenvalue weighted by Crippen LogP contribution is -3.00. The number of aryl methyl sites for hydroxylation is 1. The van der Waals surface area contributed by atoms with Gasteiger partial charge in [-0.15, -0.1) is 0 Å². The van der Waals surface area contributed by atoms with Gasteiger partial charge in [0, 0.05) is 18.6 Å². The Morgan fingerprint density at radius 3 is 2.53 bits per heavy atom. The van der Waals surface area contributed by atoms with Crippen LogP contribution in [0, 0.1) is 0 Å². The molecular formula is C17H18IN. The van der Waals surface area contributed by atoms with Crippen LogP contribution in [0.4, 0.5) is 0 Å². The molecule has 0 unspecified atom stereocenters. The topological polar surface area (TPSA) is 3.88 Å². The van der Waals surface area contributed by atoms with Crippen LogP contribution in [0.3, 0.4) is 0 Å². The van der Waals surface area contributed by atoms with Gasteiger partial charge in [0.15, 0.2) is 6.20 Å². The summed E-state index contributed by atoms with van der Waals surface area (Å²) in [4.78, 5) is 0. The molecule has 1 aromatic heterocycles. The zero-order chi connectivity index (χ0) is 12.4. The number of nitrogens with zero attached hydrogens (tertiary/aromatic N) is 1. The van der Waals surface area contributed by atoms with E-state index in [0.717, 1.165) is 6.54 Å². The Morgan fingerprint density at radius 1 is 0.895 bits per heavy atom. The molecule has 1 nitrogen and oxygen atoms in total. The second kappa shape index (κ2) is 6.33. The van der Waals surface area contributed by atoms with Crippen molar-refractivity contribution in [1.82, 2.24) is 0 Å². The maximum atomic E-state index is 2.37. The Balaban J connectivity index is 0.00000133. The molecule has 0 radical (unpaired) electrons. The summed E-state index contributed by atoms with van der Waals surface area (Å²) in [5.41, 5.74) is 1.34. The second-order valence-electron chi connectivity index (χ2n) is 4.77. The van der Waals surface area contributed by atoms with Crippen LogP contribution in [0.25, 0.3) is 21.7 Å². The van der Waals surface area contributed by atoms with Gasteiger partial charge in [-0.1, -0.05) is 37.6 Å². The number of rotatable bonds is 3. The number of benzene rings is 2. The van der Waals surface area contributed by atoms with Crippen molar-refractivity contribution in [3.8, 4) is 0 Å². The molecule has 0 aliphatic rings. The van der Waals surface area contributed by atoms with E-state index in [1.54, 1.807) is 0 Å². The van der Waals surface area contributed by atoms with Gasteiger partial charge >= 0.3 is 0 Å². The molecule has 0 saturated heterocycles. The largest absolute Gasteiger partial charge is 1.00 e. The highest BCUT2D eigenvalue weighted by Crippen LogP contribution is 2.22. The van der Waals surface area contributed by atoms with Gasteiger partial charge < -0.3 is 24.0 Å². The average molecular weight is 363 g/mol. The number of aromatic nitrogens is 1. The van der Waals surface area contributed by atoms with E-state index in [-0.39, 0.29) is 24.0 Å². The standard InChI is InChI=1S/C17H18N.HI/c1-2-3-12-18-13-6-9-16-15-8-5-4-7-14(15)10-11-17(16)18;/h4-11,13H,2-3,12H2,1H3;1H/q+1;/p-1. The number of unbranched alkanes of at least 4 members (excludes halogenated alkanes) is 1. The molecule has 1 heterocycles. The maximum absolute atomic E-state index is 2.37. The van der Waals surface area contributed by atoms with Gasteiger partial charge in [-0.25, -0.2) is 0 Å². The second-order valence-corrected chi connectivity index (χ2v) is 4.77. The van der Waals surface area contributed by atoms with E-state index < -0.39 is 0 Å². The quantitative estimate of drug-likeness (QED) is 0.373. The summed E-state index contributed by atoms with van der Waals surface area (Å²) in [5.74, 6) is 0. The maximum Gasteiger partial charge on any atom is 0.213 e. The molecule has 2 aromatic carbocycles. The molecule has 2 heteroatoms. The molecule has 0 spiro atoms. The van der Waals surface area contributed by atoms with E-state index >= 15 is 0 Å². The molecule has 98 valence electrons. The van der Waals surface area contributed by atoms with E-state index in [2.05, 4.69) is 66.2 Å². The fourth-order valence-electron chi connectivity index (χ4n) is 2.56. The third-order valence-corrected chi connectivity index (χ3v) is 3.54. The van der Waals surface area contributed by atoms with Crippen LogP contribution in [0.2, 0.25) is 0 Å². The van der Waals surface area contributed by atoms with Crippen molar-refractivity contribution in [2.45, 2.75) is 26.3 Å². The molecule has 0 bridgehead atoms. The first-order valence-electron chi connectivity index (χ1n) is 6.70. The summed E-state index contributed by atoms with van der Waals surface area (Å²) in [6.45, 7) is 3.34. The van der Waals surface area contributed by atoms with Gasteiger partial charge in [0.1, 0.15) is 6.54 Å². The Kier molecular flexibility index (Phi) is 4.75. The Morgan fingerprint density at radius 2 is 1.68 bits per heavy atom. The van der Waals surface area contributed by atoms with Crippen LogP contribution in [0.15, 0.2) is 54.7 Å². The van der Waals surface area contributed by atoms with Crippen LogP contribution >= 0.6 is 0 Å². The number of hydrogen-bond donors (Lipinski definition) is 0. The van der Waals surface area contributed by atoms with Gasteiger partial charge in [-0.05, 0) is 22.9 Å². The van der Waals surface area contributed by atoms with Crippen molar-refractivity contribution in [2.24, 2.45) is 0 Å². The van der Waals surface area contributed by atoms with E-state index in [9.17, 15) is 0 Å². The van der Waals surface area contributed by atoms with Crippen molar-refractivity contribution in [3.63, 3.8) is 0 Å². The first-order valence-corrected chi connectivity index (χ1v) is 6.70. The van der Waals surface area contributed by atoms with Crippen LogP contribution in [-0.4, -0.2) is 0 Å². The van der Waals surface area contributed by atoms with Gasteiger partial charge in [0.25, 0.3) is 0 Å². The molecular weight excluding hydrogens is 345 g/mol. The molecule has 0 N–H and O–H groups in total. The van der Waals surface area contributed by atoms with Crippen molar-refractivity contribution in [1.29, 1.82) is 0 Å². The first kappa shape index (κ1) is 14.3. The van der Waals surface area contributed by atoms with E-state index in [1.165, 1.54) is 34.5 Å². The van der Waals surface area contributed by atoms with Crippen molar-refractivity contribution in [3.05, 3.63) is 54.7 Å². The molecule has 0 amide bonds. The predicted molar refractivity (Wildman–Crippen MR) is 76.6 cm³/mol. The summed E-state index contributed by atoms with van der Waals surface area (Å²) in [5, 5.41) is 4.02. The minimum Gasteiger partial charge on any atom is -1.00 e.